The van der Waals surface area contributed by atoms with Crippen LogP contribution in [0.4, 0.5) is 0 Å². The molecule has 0 heterocycles. The molecule has 1 nitrogen and oxygen atoms in total. The molecule has 8 heavy (non-hydrogen) atoms. The van der Waals surface area contributed by atoms with Crippen molar-refractivity contribution in [3.8, 4) is 0 Å². The molecule has 0 aromatic rings. The molecule has 0 aliphatic carbocycles. The van der Waals surface area contributed by atoms with Crippen molar-refractivity contribution in [3.05, 3.63) is 12.7 Å². The van der Waals surface area contributed by atoms with E-state index in [2.05, 4.69) is 18.5 Å². The summed E-state index contributed by atoms with van der Waals surface area (Å²) >= 11 is 0. The van der Waals surface area contributed by atoms with Crippen LogP contribution in [0.3, 0.4) is 0 Å². The molecule has 0 spiro atoms. The van der Waals surface area contributed by atoms with Crippen molar-refractivity contribution in [2.45, 2.75) is 20.3 Å². The van der Waals surface area contributed by atoms with Gasteiger partial charge in [-0.3, -0.25) is 4.99 Å². The molecule has 0 rings (SSSR count). The highest BCUT2D eigenvalue weighted by Crippen LogP contribution is 1.83. The Balaban J connectivity index is 3.40. The van der Waals surface area contributed by atoms with Crippen LogP contribution in [0.2, 0.25) is 0 Å². The zero-order valence-corrected chi connectivity index (χ0v) is 5.65. The summed E-state index contributed by atoms with van der Waals surface area (Å²) in [4.78, 5) is 4.16. The predicted octanol–water partition coefficient (Wildman–Crippen LogP) is 2.04. The van der Waals surface area contributed by atoms with E-state index in [1.54, 1.807) is 6.08 Å². The first kappa shape index (κ1) is 7.41. The Hall–Kier alpha value is -0.590. The molecule has 0 aromatic carbocycles. The topological polar surface area (TPSA) is 12.4 Å². The zero-order valence-electron chi connectivity index (χ0n) is 5.65. The number of aliphatic imine (C=N–C) groups is 1. The Morgan fingerprint density at radius 2 is 2.38 bits per heavy atom. The molecule has 0 saturated heterocycles. The highest BCUT2D eigenvalue weighted by atomic mass is 14.7. The van der Waals surface area contributed by atoms with Crippen molar-refractivity contribution < 1.29 is 0 Å². The van der Waals surface area contributed by atoms with E-state index in [1.807, 2.05) is 6.92 Å². The van der Waals surface area contributed by atoms with Crippen molar-refractivity contribution in [3.63, 3.8) is 0 Å². The summed E-state index contributed by atoms with van der Waals surface area (Å²) in [6.45, 7) is 8.45. The summed E-state index contributed by atoms with van der Waals surface area (Å²) in [5, 5.41) is 0. The Morgan fingerprint density at radius 3 is 2.75 bits per heavy atom. The molecule has 1 heteroatoms. The number of hydrogen-bond acceptors (Lipinski definition) is 1. The van der Waals surface area contributed by atoms with Crippen LogP contribution in [0, 0.1) is 0 Å². The van der Waals surface area contributed by atoms with Crippen LogP contribution < -0.4 is 0 Å². The molecule has 0 aliphatic heterocycles. The zero-order chi connectivity index (χ0) is 6.41. The van der Waals surface area contributed by atoms with E-state index in [0.29, 0.717) is 0 Å². The van der Waals surface area contributed by atoms with Crippen molar-refractivity contribution in [1.29, 1.82) is 0 Å². The van der Waals surface area contributed by atoms with Crippen LogP contribution in [0.1, 0.15) is 20.3 Å². The number of rotatable bonds is 3. The van der Waals surface area contributed by atoms with Crippen molar-refractivity contribution in [1.82, 2.24) is 0 Å². The minimum absolute atomic E-state index is 0.764. The van der Waals surface area contributed by atoms with Gasteiger partial charge in [-0.25, -0.2) is 0 Å². The maximum atomic E-state index is 4.16. The van der Waals surface area contributed by atoms with Gasteiger partial charge in [0.05, 0.1) is 6.54 Å². The molecule has 0 saturated carbocycles. The molecular formula is C7H13N. The van der Waals surface area contributed by atoms with E-state index in [1.165, 1.54) is 5.71 Å². The van der Waals surface area contributed by atoms with Gasteiger partial charge in [0.2, 0.25) is 0 Å². The first-order valence-electron chi connectivity index (χ1n) is 2.92. The third-order valence-electron chi connectivity index (χ3n) is 1.00. The summed E-state index contributed by atoms with van der Waals surface area (Å²) in [5.41, 5.74) is 1.20. The molecule has 0 radical (unpaired) electrons. The Kier molecular flexibility index (Phi) is 4.23. The normalized spacial score (nSPS) is 11.5. The average Bonchev–Trinajstić information content (AvgIpc) is 1.83. The highest BCUT2D eigenvalue weighted by Gasteiger charge is 1.79. The second-order valence-corrected chi connectivity index (χ2v) is 1.72. The smallest absolute Gasteiger partial charge is 0.0566 e. The lowest BCUT2D eigenvalue weighted by molar-refractivity contribution is 1.17. The molecule has 0 fully saturated rings. The molecule has 0 bridgehead atoms. The van der Waals surface area contributed by atoms with Crippen LogP contribution in [0.15, 0.2) is 17.6 Å². The molecule has 0 aromatic heterocycles. The lowest BCUT2D eigenvalue weighted by Gasteiger charge is -1.89. The van der Waals surface area contributed by atoms with Crippen LogP contribution in [0.25, 0.3) is 0 Å². The molecule has 46 valence electrons. The van der Waals surface area contributed by atoms with Gasteiger partial charge >= 0.3 is 0 Å². The van der Waals surface area contributed by atoms with Gasteiger partial charge in [0.1, 0.15) is 0 Å². The maximum absolute atomic E-state index is 4.16. The van der Waals surface area contributed by atoms with Gasteiger partial charge in [-0.1, -0.05) is 13.0 Å². The molecule has 0 atom stereocenters. The molecule has 0 N–H and O–H groups in total. The lowest BCUT2D eigenvalue weighted by atomic mass is 10.3. The Bertz CT molecular complexity index is 92.6. The SMILES string of the molecule is C=CCN=C(C)CC. The quantitative estimate of drug-likeness (QED) is 0.390. The van der Waals surface area contributed by atoms with Gasteiger partial charge in [-0.05, 0) is 13.3 Å². The third kappa shape index (κ3) is 3.59. The van der Waals surface area contributed by atoms with E-state index < -0.39 is 0 Å². The minimum atomic E-state index is 0.764. The largest absolute Gasteiger partial charge is 0.290 e. The summed E-state index contributed by atoms with van der Waals surface area (Å²) in [7, 11) is 0. The molecule has 0 unspecified atom stereocenters. The van der Waals surface area contributed by atoms with Crippen molar-refractivity contribution in [2.24, 2.45) is 4.99 Å². The second kappa shape index (κ2) is 4.57. The van der Waals surface area contributed by atoms with Gasteiger partial charge in [-0.15, -0.1) is 6.58 Å². The van der Waals surface area contributed by atoms with E-state index >= 15 is 0 Å². The molecular weight excluding hydrogens is 98.1 g/mol. The Morgan fingerprint density at radius 1 is 1.75 bits per heavy atom. The summed E-state index contributed by atoms with van der Waals surface area (Å²) in [5.74, 6) is 0. The van der Waals surface area contributed by atoms with E-state index in [0.717, 1.165) is 13.0 Å². The molecule has 0 amide bonds. The second-order valence-electron chi connectivity index (χ2n) is 1.72. The van der Waals surface area contributed by atoms with Crippen LogP contribution >= 0.6 is 0 Å². The fourth-order valence-corrected chi connectivity index (χ4v) is 0.332. The van der Waals surface area contributed by atoms with Gasteiger partial charge < -0.3 is 0 Å². The van der Waals surface area contributed by atoms with E-state index in [4.69, 9.17) is 0 Å². The van der Waals surface area contributed by atoms with Crippen LogP contribution in [0.5, 0.6) is 0 Å². The van der Waals surface area contributed by atoms with Gasteiger partial charge in [0, 0.05) is 5.71 Å². The van der Waals surface area contributed by atoms with Crippen molar-refractivity contribution >= 4 is 5.71 Å². The summed E-state index contributed by atoms with van der Waals surface area (Å²) < 4.78 is 0. The fourth-order valence-electron chi connectivity index (χ4n) is 0.332. The Labute approximate surface area is 51.1 Å². The predicted molar refractivity (Wildman–Crippen MR) is 38.5 cm³/mol. The van der Waals surface area contributed by atoms with Gasteiger partial charge in [0.15, 0.2) is 0 Å². The monoisotopic (exact) mass is 111 g/mol. The maximum Gasteiger partial charge on any atom is 0.0566 e. The first-order valence-corrected chi connectivity index (χ1v) is 2.92. The molecule has 0 aliphatic rings. The standard InChI is InChI=1S/C7H13N/c1-4-6-8-7(3)5-2/h4H,1,5-6H2,2-3H3. The van der Waals surface area contributed by atoms with E-state index in [-0.39, 0.29) is 0 Å². The van der Waals surface area contributed by atoms with Gasteiger partial charge in [-0.2, -0.15) is 0 Å². The van der Waals surface area contributed by atoms with Crippen LogP contribution in [-0.4, -0.2) is 12.3 Å². The highest BCUT2D eigenvalue weighted by molar-refractivity contribution is 5.81. The minimum Gasteiger partial charge on any atom is -0.290 e. The third-order valence-corrected chi connectivity index (χ3v) is 1.00. The lowest BCUT2D eigenvalue weighted by Crippen LogP contribution is -1.87. The van der Waals surface area contributed by atoms with E-state index in [9.17, 15) is 0 Å². The summed E-state index contributed by atoms with van der Waals surface area (Å²) in [6.07, 6.45) is 2.85. The fraction of sp³-hybridized carbons (Fsp3) is 0.571. The number of hydrogen-bond donors (Lipinski definition) is 0. The van der Waals surface area contributed by atoms with Crippen molar-refractivity contribution in [2.75, 3.05) is 6.54 Å². The number of nitrogens with zero attached hydrogens (tertiary/aromatic N) is 1. The van der Waals surface area contributed by atoms with Crippen LogP contribution in [-0.2, 0) is 0 Å². The average molecular weight is 111 g/mol. The summed E-state index contributed by atoms with van der Waals surface area (Å²) in [6, 6.07) is 0. The van der Waals surface area contributed by atoms with Gasteiger partial charge in [0.25, 0.3) is 0 Å². The first-order chi connectivity index (χ1) is 3.81.